The number of aliphatic hydroxyl groups is 1. The molecule has 0 aliphatic carbocycles. The van der Waals surface area contributed by atoms with E-state index in [-0.39, 0.29) is 5.69 Å². The van der Waals surface area contributed by atoms with Crippen LogP contribution in [0.1, 0.15) is 24.1 Å². The third kappa shape index (κ3) is 3.60. The summed E-state index contributed by atoms with van der Waals surface area (Å²) in [5.41, 5.74) is 0.455. The summed E-state index contributed by atoms with van der Waals surface area (Å²) >= 11 is 0. The second-order valence-corrected chi connectivity index (χ2v) is 8.24. The van der Waals surface area contributed by atoms with Crippen molar-refractivity contribution in [2.75, 3.05) is 26.2 Å². The molecule has 2 aliphatic rings. The van der Waals surface area contributed by atoms with E-state index >= 15 is 0 Å². The van der Waals surface area contributed by atoms with Crippen LogP contribution in [0.4, 0.5) is 11.4 Å². The van der Waals surface area contributed by atoms with Crippen LogP contribution < -0.4 is 9.64 Å². The van der Waals surface area contributed by atoms with Gasteiger partial charge in [0.1, 0.15) is 17.9 Å². The van der Waals surface area contributed by atoms with Crippen LogP contribution in [-0.2, 0) is 25.4 Å². The zero-order valence-corrected chi connectivity index (χ0v) is 18.8. The van der Waals surface area contributed by atoms with E-state index in [4.69, 9.17) is 18.9 Å². The number of nitro benzene ring substituents is 1. The minimum Gasteiger partial charge on any atom is -0.479 e. The number of carbonyl (C=O) groups excluding carboxylic acids is 1. The fourth-order valence-electron chi connectivity index (χ4n) is 4.89. The number of non-ortho nitro benzene ring substituents is 1. The number of anilines is 1. The SMILES string of the molecule is COC(=O)[C@@H]1Cc2ccccc2N1C1c2cc([N+](=O)[O-])ccc2O[C@](C)(C(OC)OC)[C@H]1O. The minimum atomic E-state index is -1.39. The predicted octanol–water partition coefficient (Wildman–Crippen LogP) is 2.37. The first kappa shape index (κ1) is 23.0. The highest BCUT2D eigenvalue weighted by molar-refractivity contribution is 5.84. The van der Waals surface area contributed by atoms with Crippen molar-refractivity contribution in [3.63, 3.8) is 0 Å². The van der Waals surface area contributed by atoms with Crippen LogP contribution >= 0.6 is 0 Å². The van der Waals surface area contributed by atoms with Crippen molar-refractivity contribution in [3.05, 3.63) is 63.7 Å². The number of fused-ring (bicyclic) bond motifs is 2. The van der Waals surface area contributed by atoms with Gasteiger partial charge in [-0.2, -0.15) is 0 Å². The van der Waals surface area contributed by atoms with Crippen molar-refractivity contribution in [1.82, 2.24) is 0 Å². The van der Waals surface area contributed by atoms with Gasteiger partial charge < -0.3 is 29.0 Å². The molecule has 10 heteroatoms. The van der Waals surface area contributed by atoms with Crippen molar-refractivity contribution in [2.24, 2.45) is 0 Å². The molecule has 4 rings (SSSR count). The van der Waals surface area contributed by atoms with E-state index in [0.29, 0.717) is 17.7 Å². The van der Waals surface area contributed by atoms with E-state index in [1.165, 1.54) is 39.5 Å². The van der Waals surface area contributed by atoms with Crippen LogP contribution in [0.2, 0.25) is 0 Å². The second-order valence-electron chi connectivity index (χ2n) is 8.24. The van der Waals surface area contributed by atoms with E-state index in [0.717, 1.165) is 11.3 Å². The zero-order chi connectivity index (χ0) is 23.9. The molecule has 4 atom stereocenters. The van der Waals surface area contributed by atoms with Crippen molar-refractivity contribution in [1.29, 1.82) is 0 Å². The van der Waals surface area contributed by atoms with Crippen LogP contribution in [0.25, 0.3) is 0 Å². The summed E-state index contributed by atoms with van der Waals surface area (Å²) in [6, 6.07) is 10.00. The van der Waals surface area contributed by atoms with E-state index in [1.807, 2.05) is 24.3 Å². The van der Waals surface area contributed by atoms with Gasteiger partial charge in [-0.3, -0.25) is 10.1 Å². The lowest BCUT2D eigenvalue weighted by atomic mass is 9.83. The number of carbonyl (C=O) groups is 1. The Morgan fingerprint density at radius 2 is 1.94 bits per heavy atom. The Labute approximate surface area is 190 Å². The molecule has 1 N–H and O–H groups in total. The van der Waals surface area contributed by atoms with Gasteiger partial charge in [0.25, 0.3) is 5.69 Å². The predicted molar refractivity (Wildman–Crippen MR) is 117 cm³/mol. The van der Waals surface area contributed by atoms with Crippen LogP contribution in [0.3, 0.4) is 0 Å². The number of hydrogen-bond donors (Lipinski definition) is 1. The van der Waals surface area contributed by atoms with Gasteiger partial charge in [0.2, 0.25) is 0 Å². The monoisotopic (exact) mass is 458 g/mol. The quantitative estimate of drug-likeness (QED) is 0.301. The van der Waals surface area contributed by atoms with Gasteiger partial charge in [0.05, 0.1) is 18.1 Å². The normalized spacial score (nSPS) is 25.9. The highest BCUT2D eigenvalue weighted by Gasteiger charge is 2.56. The Morgan fingerprint density at radius 3 is 2.58 bits per heavy atom. The molecule has 0 bridgehead atoms. The Kier molecular flexibility index (Phi) is 6.00. The maximum Gasteiger partial charge on any atom is 0.328 e. The highest BCUT2D eigenvalue weighted by Crippen LogP contribution is 2.50. The topological polar surface area (TPSA) is 121 Å². The van der Waals surface area contributed by atoms with Gasteiger partial charge in [-0.25, -0.2) is 4.79 Å². The Hall–Kier alpha value is -3.21. The fourth-order valence-corrected chi connectivity index (χ4v) is 4.89. The molecule has 33 heavy (non-hydrogen) atoms. The number of rotatable bonds is 6. The van der Waals surface area contributed by atoms with Gasteiger partial charge in [-0.05, 0) is 24.6 Å². The lowest BCUT2D eigenvalue weighted by Gasteiger charge is -2.50. The molecular weight excluding hydrogens is 432 g/mol. The summed E-state index contributed by atoms with van der Waals surface area (Å²) in [7, 11) is 4.16. The maximum absolute atomic E-state index is 12.8. The molecule has 2 heterocycles. The standard InChI is InChI=1S/C23H26N2O8/c1-23(22(31-3)32-4)20(26)19(15-12-14(25(28)29)9-10-18(15)33-23)24-16-8-6-5-7-13(16)11-17(24)21(27)30-2/h5-10,12,17,19-20,22,26H,11H2,1-4H3/t17-,19?,20-,23-/m0/s1. The molecule has 2 aromatic rings. The first-order valence-electron chi connectivity index (χ1n) is 10.4. The molecule has 1 unspecified atom stereocenters. The van der Waals surface area contributed by atoms with Gasteiger partial charge in [0, 0.05) is 44.0 Å². The number of nitro groups is 1. The van der Waals surface area contributed by atoms with Crippen molar-refractivity contribution >= 4 is 17.3 Å². The Bertz CT molecular complexity index is 1070. The number of hydrogen-bond acceptors (Lipinski definition) is 9. The van der Waals surface area contributed by atoms with Crippen LogP contribution in [0, 0.1) is 10.1 Å². The maximum atomic E-state index is 12.8. The second kappa shape index (κ2) is 8.62. The largest absolute Gasteiger partial charge is 0.479 e. The number of aliphatic hydroxyl groups excluding tert-OH is 1. The van der Waals surface area contributed by atoms with Crippen molar-refractivity contribution in [3.8, 4) is 5.75 Å². The van der Waals surface area contributed by atoms with Crippen LogP contribution in [0.15, 0.2) is 42.5 Å². The van der Waals surface area contributed by atoms with Gasteiger partial charge in [0.15, 0.2) is 11.9 Å². The molecule has 0 saturated carbocycles. The average molecular weight is 458 g/mol. The minimum absolute atomic E-state index is 0.157. The summed E-state index contributed by atoms with van der Waals surface area (Å²) in [4.78, 5) is 25.6. The van der Waals surface area contributed by atoms with E-state index < -0.39 is 41.0 Å². The van der Waals surface area contributed by atoms with E-state index in [2.05, 4.69) is 0 Å². The molecule has 0 radical (unpaired) electrons. The van der Waals surface area contributed by atoms with E-state index in [9.17, 15) is 20.0 Å². The third-order valence-corrected chi connectivity index (χ3v) is 6.43. The van der Waals surface area contributed by atoms with Crippen LogP contribution in [-0.4, -0.2) is 61.4 Å². The third-order valence-electron chi connectivity index (χ3n) is 6.43. The van der Waals surface area contributed by atoms with Gasteiger partial charge >= 0.3 is 5.97 Å². The lowest BCUT2D eigenvalue weighted by Crippen LogP contribution is -2.63. The molecule has 2 aromatic carbocycles. The Balaban J connectivity index is 1.95. The number of para-hydroxylation sites is 1. The molecule has 0 amide bonds. The number of nitrogens with zero attached hydrogens (tertiary/aromatic N) is 2. The van der Waals surface area contributed by atoms with Gasteiger partial charge in [-0.1, -0.05) is 18.2 Å². The Morgan fingerprint density at radius 1 is 1.24 bits per heavy atom. The van der Waals surface area contributed by atoms with Crippen molar-refractivity contribution < 1.29 is 33.8 Å². The zero-order valence-electron chi connectivity index (χ0n) is 18.8. The summed E-state index contributed by atoms with van der Waals surface area (Å²) < 4.78 is 22.1. The average Bonchev–Trinajstić information content (AvgIpc) is 3.19. The van der Waals surface area contributed by atoms with Gasteiger partial charge in [-0.15, -0.1) is 0 Å². The molecule has 2 aliphatic heterocycles. The first-order chi connectivity index (χ1) is 15.8. The summed E-state index contributed by atoms with van der Waals surface area (Å²) in [6.45, 7) is 1.64. The summed E-state index contributed by atoms with van der Waals surface area (Å²) in [6.07, 6.45) is -1.89. The number of benzene rings is 2. The molecule has 176 valence electrons. The summed E-state index contributed by atoms with van der Waals surface area (Å²) in [5, 5.41) is 23.2. The molecule has 0 saturated heterocycles. The highest BCUT2D eigenvalue weighted by atomic mass is 16.7. The molecule has 0 aromatic heterocycles. The van der Waals surface area contributed by atoms with Crippen molar-refractivity contribution in [2.45, 2.75) is 43.4 Å². The molecule has 0 spiro atoms. The molecular formula is C23H26N2O8. The first-order valence-corrected chi connectivity index (χ1v) is 10.4. The number of esters is 1. The van der Waals surface area contributed by atoms with E-state index in [1.54, 1.807) is 11.8 Å². The summed E-state index contributed by atoms with van der Waals surface area (Å²) in [5.74, 6) is -0.154. The van der Waals surface area contributed by atoms with Crippen LogP contribution in [0.5, 0.6) is 5.75 Å². The molecule has 0 fully saturated rings. The fraction of sp³-hybridized carbons (Fsp3) is 0.435. The smallest absolute Gasteiger partial charge is 0.328 e. The lowest BCUT2D eigenvalue weighted by molar-refractivity contribution is -0.385. The number of ether oxygens (including phenoxy) is 4. The number of methoxy groups -OCH3 is 3. The molecule has 10 nitrogen and oxygen atoms in total.